The molecule has 0 saturated heterocycles. The minimum absolute atomic E-state index is 0.397. The van der Waals surface area contributed by atoms with Gasteiger partial charge in [-0.05, 0) is 6.42 Å². The summed E-state index contributed by atoms with van der Waals surface area (Å²) >= 11 is 5.44. The molecule has 0 fully saturated rings. The van der Waals surface area contributed by atoms with Gasteiger partial charge in [0.15, 0.2) is 0 Å². The monoisotopic (exact) mass is 196 g/mol. The van der Waals surface area contributed by atoms with Gasteiger partial charge in [-0.25, -0.2) is 4.98 Å². The van der Waals surface area contributed by atoms with Crippen LogP contribution >= 0.6 is 11.6 Å². The second-order valence-electron chi connectivity index (χ2n) is 2.70. The second kappa shape index (κ2) is 5.66. The molecule has 0 aliphatic rings. The van der Waals surface area contributed by atoms with Crippen LogP contribution in [-0.4, -0.2) is 15.4 Å². The van der Waals surface area contributed by atoms with E-state index in [1.54, 1.807) is 0 Å². The maximum absolute atomic E-state index is 5.44. The molecule has 0 unspecified atom stereocenters. The number of halogens is 1. The minimum Gasteiger partial charge on any atom is -0.334 e. The summed E-state index contributed by atoms with van der Waals surface area (Å²) in [7, 11) is 0. The molecule has 1 aromatic rings. The first-order valence-electron chi connectivity index (χ1n) is 4.40. The first-order valence-corrected chi connectivity index (χ1v) is 4.93. The van der Waals surface area contributed by atoms with Crippen molar-refractivity contribution in [2.45, 2.75) is 26.3 Å². The van der Waals surface area contributed by atoms with Crippen LogP contribution in [0.15, 0.2) is 12.4 Å². The van der Waals surface area contributed by atoms with Crippen LogP contribution in [0.25, 0.3) is 0 Å². The smallest absolute Gasteiger partial charge is 0.120 e. The molecule has 0 aliphatic heterocycles. The summed E-state index contributed by atoms with van der Waals surface area (Å²) in [6, 6.07) is 0. The Morgan fingerprint density at radius 3 is 3.08 bits per heavy atom. The van der Waals surface area contributed by atoms with Gasteiger partial charge in [0.2, 0.25) is 0 Å². The standard InChI is InChI=1S/C10H13ClN2/c1-2-8-13-9-7-12-10(13)5-3-4-6-11/h7,9H,2,5-6,8H2,1H3. The van der Waals surface area contributed by atoms with Crippen LogP contribution in [0.5, 0.6) is 0 Å². The SMILES string of the molecule is CCCn1ccnc1CC#CCCl. The lowest BCUT2D eigenvalue weighted by Gasteiger charge is -2.01. The molecular formula is C10H13ClN2. The molecule has 0 saturated carbocycles. The van der Waals surface area contributed by atoms with Crippen molar-refractivity contribution in [1.82, 2.24) is 9.55 Å². The average Bonchev–Trinajstić information content (AvgIpc) is 2.54. The number of nitrogens with zero attached hydrogens (tertiary/aromatic N) is 2. The number of aromatic nitrogens is 2. The number of hydrogen-bond donors (Lipinski definition) is 0. The van der Waals surface area contributed by atoms with Crippen LogP contribution in [0, 0.1) is 11.8 Å². The van der Waals surface area contributed by atoms with E-state index in [9.17, 15) is 0 Å². The Morgan fingerprint density at radius 2 is 2.38 bits per heavy atom. The van der Waals surface area contributed by atoms with Gasteiger partial charge in [0.25, 0.3) is 0 Å². The Balaban J connectivity index is 2.59. The van der Waals surface area contributed by atoms with E-state index in [0.717, 1.165) is 18.8 Å². The fraction of sp³-hybridized carbons (Fsp3) is 0.500. The molecular weight excluding hydrogens is 184 g/mol. The Bertz CT molecular complexity index is 306. The highest BCUT2D eigenvalue weighted by molar-refractivity contribution is 6.19. The fourth-order valence-electron chi connectivity index (χ4n) is 1.14. The van der Waals surface area contributed by atoms with Gasteiger partial charge in [0.05, 0.1) is 12.3 Å². The molecule has 0 aliphatic carbocycles. The molecule has 13 heavy (non-hydrogen) atoms. The maximum atomic E-state index is 5.44. The highest BCUT2D eigenvalue weighted by Gasteiger charge is 1.98. The summed E-state index contributed by atoms with van der Waals surface area (Å²) in [5.41, 5.74) is 0. The van der Waals surface area contributed by atoms with E-state index < -0.39 is 0 Å². The van der Waals surface area contributed by atoms with Gasteiger partial charge >= 0.3 is 0 Å². The molecule has 0 N–H and O–H groups in total. The lowest BCUT2D eigenvalue weighted by Crippen LogP contribution is -2.01. The van der Waals surface area contributed by atoms with Crippen LogP contribution in [0.4, 0.5) is 0 Å². The van der Waals surface area contributed by atoms with E-state index in [0.29, 0.717) is 12.3 Å². The normalized spacial score (nSPS) is 9.38. The number of rotatable bonds is 3. The lowest BCUT2D eigenvalue weighted by atomic mass is 10.4. The van der Waals surface area contributed by atoms with E-state index in [4.69, 9.17) is 11.6 Å². The van der Waals surface area contributed by atoms with Crippen LogP contribution in [0.2, 0.25) is 0 Å². The van der Waals surface area contributed by atoms with Crippen molar-refractivity contribution in [2.24, 2.45) is 0 Å². The van der Waals surface area contributed by atoms with Gasteiger partial charge in [-0.1, -0.05) is 18.8 Å². The first-order chi connectivity index (χ1) is 6.38. The number of imidazole rings is 1. The highest BCUT2D eigenvalue weighted by atomic mass is 35.5. The van der Waals surface area contributed by atoms with Crippen molar-refractivity contribution in [2.75, 3.05) is 5.88 Å². The predicted molar refractivity (Wildman–Crippen MR) is 54.7 cm³/mol. The van der Waals surface area contributed by atoms with Gasteiger partial charge in [-0.3, -0.25) is 0 Å². The van der Waals surface area contributed by atoms with Crippen molar-refractivity contribution < 1.29 is 0 Å². The second-order valence-corrected chi connectivity index (χ2v) is 2.97. The molecule has 1 rings (SSSR count). The largest absolute Gasteiger partial charge is 0.334 e. The summed E-state index contributed by atoms with van der Waals surface area (Å²) in [5.74, 6) is 7.21. The van der Waals surface area contributed by atoms with Crippen LogP contribution < -0.4 is 0 Å². The van der Waals surface area contributed by atoms with Gasteiger partial charge < -0.3 is 4.57 Å². The van der Waals surface area contributed by atoms with E-state index in [1.807, 2.05) is 12.4 Å². The van der Waals surface area contributed by atoms with E-state index in [2.05, 4.69) is 28.3 Å². The number of hydrogen-bond acceptors (Lipinski definition) is 1. The molecule has 1 aromatic heterocycles. The third-order valence-corrected chi connectivity index (χ3v) is 1.84. The molecule has 0 aromatic carbocycles. The third kappa shape index (κ3) is 3.12. The average molecular weight is 197 g/mol. The maximum Gasteiger partial charge on any atom is 0.120 e. The Morgan fingerprint density at radius 1 is 1.54 bits per heavy atom. The summed E-state index contributed by atoms with van der Waals surface area (Å²) in [6.45, 7) is 3.16. The first kappa shape index (κ1) is 10.1. The lowest BCUT2D eigenvalue weighted by molar-refractivity contribution is 0.650. The van der Waals surface area contributed by atoms with E-state index in [1.165, 1.54) is 0 Å². The Labute approximate surface area is 83.9 Å². The van der Waals surface area contributed by atoms with E-state index >= 15 is 0 Å². The van der Waals surface area contributed by atoms with Crippen LogP contribution in [0.1, 0.15) is 19.2 Å². The van der Waals surface area contributed by atoms with Gasteiger partial charge in [0.1, 0.15) is 5.82 Å². The summed E-state index contributed by atoms with van der Waals surface area (Å²) in [5, 5.41) is 0. The van der Waals surface area contributed by atoms with Crippen LogP contribution in [0.3, 0.4) is 0 Å². The number of alkyl halides is 1. The predicted octanol–water partition coefficient (Wildman–Crippen LogP) is 2.08. The van der Waals surface area contributed by atoms with Crippen molar-refractivity contribution in [1.29, 1.82) is 0 Å². The van der Waals surface area contributed by atoms with Crippen molar-refractivity contribution in [3.05, 3.63) is 18.2 Å². The highest BCUT2D eigenvalue weighted by Crippen LogP contribution is 1.99. The zero-order valence-corrected chi connectivity index (χ0v) is 8.51. The Hall–Kier alpha value is -0.940. The zero-order valence-electron chi connectivity index (χ0n) is 7.76. The molecule has 0 bridgehead atoms. The van der Waals surface area contributed by atoms with Crippen molar-refractivity contribution in [3.8, 4) is 11.8 Å². The summed E-state index contributed by atoms with van der Waals surface area (Å²) in [6.07, 6.45) is 5.61. The minimum atomic E-state index is 0.397. The number of aryl methyl sites for hydroxylation is 1. The van der Waals surface area contributed by atoms with Crippen LogP contribution in [-0.2, 0) is 13.0 Å². The van der Waals surface area contributed by atoms with Gasteiger partial charge in [0, 0.05) is 18.9 Å². The zero-order chi connectivity index (χ0) is 9.52. The molecule has 0 spiro atoms. The molecule has 0 radical (unpaired) electrons. The quantitative estimate of drug-likeness (QED) is 0.535. The van der Waals surface area contributed by atoms with E-state index in [-0.39, 0.29) is 0 Å². The molecule has 3 heteroatoms. The van der Waals surface area contributed by atoms with Crippen molar-refractivity contribution >= 4 is 11.6 Å². The topological polar surface area (TPSA) is 17.8 Å². The van der Waals surface area contributed by atoms with Gasteiger partial charge in [-0.15, -0.1) is 11.6 Å². The molecule has 0 amide bonds. The van der Waals surface area contributed by atoms with Crippen molar-refractivity contribution in [3.63, 3.8) is 0 Å². The summed E-state index contributed by atoms with van der Waals surface area (Å²) in [4.78, 5) is 4.22. The molecule has 1 heterocycles. The fourth-order valence-corrected chi connectivity index (χ4v) is 1.24. The summed E-state index contributed by atoms with van der Waals surface area (Å²) < 4.78 is 2.13. The molecule has 70 valence electrons. The third-order valence-electron chi connectivity index (χ3n) is 1.70. The van der Waals surface area contributed by atoms with Gasteiger partial charge in [-0.2, -0.15) is 0 Å². The molecule has 0 atom stereocenters. The molecule has 2 nitrogen and oxygen atoms in total. The Kier molecular flexibility index (Phi) is 4.42.